The molecule has 1 aliphatic heterocycles. The lowest BCUT2D eigenvalue weighted by molar-refractivity contribution is -0.130. The molecule has 0 bridgehead atoms. The summed E-state index contributed by atoms with van der Waals surface area (Å²) < 4.78 is 5.30. The lowest BCUT2D eigenvalue weighted by Crippen LogP contribution is -2.59. The molecular formula is C15H26N2O2. The van der Waals surface area contributed by atoms with E-state index in [1.165, 1.54) is 32.1 Å². The molecule has 3 atom stereocenters. The molecule has 3 rings (SSSR count). The van der Waals surface area contributed by atoms with Crippen LogP contribution in [0.2, 0.25) is 0 Å². The Morgan fingerprint density at radius 1 is 1.11 bits per heavy atom. The maximum absolute atomic E-state index is 12.4. The van der Waals surface area contributed by atoms with Crippen molar-refractivity contribution in [1.29, 1.82) is 0 Å². The number of nitrogens with two attached hydrogens (primary N) is 1. The second-order valence-corrected chi connectivity index (χ2v) is 6.70. The summed E-state index contributed by atoms with van der Waals surface area (Å²) in [6.45, 7) is 1.22. The highest BCUT2D eigenvalue weighted by atomic mass is 16.5. The Morgan fingerprint density at radius 3 is 2.63 bits per heavy atom. The maximum Gasteiger partial charge on any atom is 0.240 e. The second-order valence-electron chi connectivity index (χ2n) is 6.70. The average Bonchev–Trinajstić information content (AvgIpc) is 2.87. The molecule has 3 aliphatic rings. The smallest absolute Gasteiger partial charge is 0.240 e. The quantitative estimate of drug-likeness (QED) is 0.797. The van der Waals surface area contributed by atoms with Gasteiger partial charge in [-0.15, -0.1) is 0 Å². The molecule has 108 valence electrons. The normalized spacial score (nSPS) is 37.6. The first-order valence-electron chi connectivity index (χ1n) is 7.85. The van der Waals surface area contributed by atoms with Crippen LogP contribution in [0.4, 0.5) is 0 Å². The minimum absolute atomic E-state index is 0.0530. The molecule has 1 amide bonds. The van der Waals surface area contributed by atoms with Gasteiger partial charge in [-0.1, -0.05) is 19.3 Å². The fraction of sp³-hybridized carbons (Fsp3) is 0.933. The summed E-state index contributed by atoms with van der Waals surface area (Å²) in [7, 11) is 0. The molecule has 3 fully saturated rings. The first-order chi connectivity index (χ1) is 9.17. The van der Waals surface area contributed by atoms with E-state index in [0.29, 0.717) is 32.1 Å². The van der Waals surface area contributed by atoms with Crippen LogP contribution in [0.1, 0.15) is 51.4 Å². The third kappa shape index (κ3) is 2.79. The average molecular weight is 266 g/mol. The number of rotatable bonds is 2. The molecule has 0 spiro atoms. The van der Waals surface area contributed by atoms with E-state index < -0.39 is 5.54 Å². The van der Waals surface area contributed by atoms with Gasteiger partial charge in [-0.2, -0.15) is 0 Å². The van der Waals surface area contributed by atoms with Crippen LogP contribution in [-0.4, -0.2) is 30.7 Å². The zero-order valence-corrected chi connectivity index (χ0v) is 11.7. The van der Waals surface area contributed by atoms with Crippen LogP contribution in [0.5, 0.6) is 0 Å². The molecular weight excluding hydrogens is 240 g/mol. The van der Waals surface area contributed by atoms with Gasteiger partial charge in [0.1, 0.15) is 0 Å². The highest BCUT2D eigenvalue weighted by Crippen LogP contribution is 2.42. The van der Waals surface area contributed by atoms with Crippen molar-refractivity contribution in [3.05, 3.63) is 0 Å². The van der Waals surface area contributed by atoms with Gasteiger partial charge in [0.05, 0.1) is 5.54 Å². The number of amides is 1. The van der Waals surface area contributed by atoms with Crippen LogP contribution >= 0.6 is 0 Å². The molecule has 0 aromatic rings. The summed E-state index contributed by atoms with van der Waals surface area (Å²) in [6, 6.07) is 0.357. The Labute approximate surface area is 115 Å². The lowest BCUT2D eigenvalue weighted by Gasteiger charge is -2.37. The number of ether oxygens (including phenoxy) is 1. The fourth-order valence-corrected chi connectivity index (χ4v) is 4.13. The zero-order chi connectivity index (χ0) is 13.3. The number of hydrogen-bond acceptors (Lipinski definition) is 3. The molecule has 4 nitrogen and oxygen atoms in total. The van der Waals surface area contributed by atoms with Gasteiger partial charge in [0.2, 0.25) is 5.91 Å². The van der Waals surface area contributed by atoms with E-state index in [2.05, 4.69) is 5.32 Å². The predicted molar refractivity (Wildman–Crippen MR) is 73.6 cm³/mol. The number of hydrogen-bond donors (Lipinski definition) is 2. The van der Waals surface area contributed by atoms with Gasteiger partial charge in [-0.3, -0.25) is 4.79 Å². The minimum atomic E-state index is -0.690. The highest BCUT2D eigenvalue weighted by molar-refractivity contribution is 5.86. The Bertz CT molecular complexity index is 339. The van der Waals surface area contributed by atoms with E-state index in [1.54, 1.807) is 0 Å². The van der Waals surface area contributed by atoms with Crippen LogP contribution in [0.3, 0.4) is 0 Å². The Kier molecular flexibility index (Phi) is 3.81. The first kappa shape index (κ1) is 13.4. The van der Waals surface area contributed by atoms with Crippen molar-refractivity contribution in [2.45, 2.75) is 62.9 Å². The van der Waals surface area contributed by atoms with E-state index in [0.717, 1.165) is 18.3 Å². The SMILES string of the molecule is NC1(C(=O)NC2CCC3CCCC3C2)CCOCC1. The summed E-state index contributed by atoms with van der Waals surface area (Å²) in [5.74, 6) is 1.84. The van der Waals surface area contributed by atoms with E-state index in [4.69, 9.17) is 10.5 Å². The minimum Gasteiger partial charge on any atom is -0.381 e. The number of carbonyl (C=O) groups excluding carboxylic acids is 1. The summed E-state index contributed by atoms with van der Waals surface area (Å²) in [5.41, 5.74) is 5.54. The first-order valence-corrected chi connectivity index (χ1v) is 7.85. The molecule has 1 saturated heterocycles. The molecule has 1 heterocycles. The maximum atomic E-state index is 12.4. The molecule has 4 heteroatoms. The van der Waals surface area contributed by atoms with Gasteiger partial charge in [0.25, 0.3) is 0 Å². The van der Waals surface area contributed by atoms with Crippen molar-refractivity contribution < 1.29 is 9.53 Å². The third-order valence-corrected chi connectivity index (χ3v) is 5.46. The zero-order valence-electron chi connectivity index (χ0n) is 11.7. The van der Waals surface area contributed by atoms with Crippen LogP contribution in [0.15, 0.2) is 0 Å². The van der Waals surface area contributed by atoms with Crippen LogP contribution in [0, 0.1) is 11.8 Å². The van der Waals surface area contributed by atoms with Crippen LogP contribution < -0.4 is 11.1 Å². The van der Waals surface area contributed by atoms with E-state index >= 15 is 0 Å². The number of carbonyl (C=O) groups is 1. The van der Waals surface area contributed by atoms with Gasteiger partial charge in [-0.05, 0) is 43.9 Å². The van der Waals surface area contributed by atoms with Gasteiger partial charge in [-0.25, -0.2) is 0 Å². The summed E-state index contributed by atoms with van der Waals surface area (Å²) >= 11 is 0. The topological polar surface area (TPSA) is 64.4 Å². The van der Waals surface area contributed by atoms with Crippen LogP contribution in [0.25, 0.3) is 0 Å². The molecule has 3 N–H and O–H groups in total. The van der Waals surface area contributed by atoms with E-state index in [9.17, 15) is 4.79 Å². The Hall–Kier alpha value is -0.610. The van der Waals surface area contributed by atoms with Gasteiger partial charge in [0.15, 0.2) is 0 Å². The number of fused-ring (bicyclic) bond motifs is 1. The van der Waals surface area contributed by atoms with Crippen molar-refractivity contribution in [3.63, 3.8) is 0 Å². The highest BCUT2D eigenvalue weighted by Gasteiger charge is 2.39. The van der Waals surface area contributed by atoms with E-state index in [-0.39, 0.29) is 5.91 Å². The fourth-order valence-electron chi connectivity index (χ4n) is 4.13. The molecule has 0 radical (unpaired) electrons. The predicted octanol–water partition coefficient (Wildman–Crippen LogP) is 1.58. The molecule has 2 aliphatic carbocycles. The largest absolute Gasteiger partial charge is 0.381 e. The van der Waals surface area contributed by atoms with Crippen molar-refractivity contribution >= 4 is 5.91 Å². The summed E-state index contributed by atoms with van der Waals surface area (Å²) in [6.07, 6.45) is 9.05. The monoisotopic (exact) mass is 266 g/mol. The second kappa shape index (κ2) is 5.41. The lowest BCUT2D eigenvalue weighted by atomic mass is 9.78. The summed E-state index contributed by atoms with van der Waals surface area (Å²) in [4.78, 5) is 12.4. The molecule has 2 saturated carbocycles. The van der Waals surface area contributed by atoms with Crippen molar-refractivity contribution in [2.75, 3.05) is 13.2 Å². The molecule has 19 heavy (non-hydrogen) atoms. The standard InChI is InChI=1S/C15H26N2O2/c16-15(6-8-19-9-7-15)14(18)17-13-5-4-11-2-1-3-12(11)10-13/h11-13H,1-10,16H2,(H,17,18). The summed E-state index contributed by atoms with van der Waals surface area (Å²) in [5, 5.41) is 3.22. The number of nitrogens with one attached hydrogen (secondary N) is 1. The van der Waals surface area contributed by atoms with Gasteiger partial charge >= 0.3 is 0 Å². The van der Waals surface area contributed by atoms with Crippen molar-refractivity contribution in [3.8, 4) is 0 Å². The third-order valence-electron chi connectivity index (χ3n) is 5.46. The van der Waals surface area contributed by atoms with E-state index in [1.807, 2.05) is 0 Å². The Morgan fingerprint density at radius 2 is 1.84 bits per heavy atom. The molecule has 3 unspecified atom stereocenters. The van der Waals surface area contributed by atoms with Gasteiger partial charge in [0, 0.05) is 19.3 Å². The molecule has 0 aromatic heterocycles. The van der Waals surface area contributed by atoms with Crippen molar-refractivity contribution in [2.24, 2.45) is 17.6 Å². The van der Waals surface area contributed by atoms with Crippen LogP contribution in [-0.2, 0) is 9.53 Å². The Balaban J connectivity index is 1.54. The van der Waals surface area contributed by atoms with Crippen molar-refractivity contribution in [1.82, 2.24) is 5.32 Å². The molecule has 0 aromatic carbocycles. The van der Waals surface area contributed by atoms with Gasteiger partial charge < -0.3 is 15.8 Å².